The topological polar surface area (TPSA) is 83.4 Å². The van der Waals surface area contributed by atoms with Gasteiger partial charge < -0.3 is 24.5 Å². The third-order valence-corrected chi connectivity index (χ3v) is 4.74. The van der Waals surface area contributed by atoms with Crippen molar-refractivity contribution in [3.8, 4) is 5.75 Å². The first-order chi connectivity index (χ1) is 13.1. The number of hydrogen-bond donors (Lipinski definition) is 2. The Morgan fingerprint density at radius 3 is 3.11 bits per heavy atom. The van der Waals surface area contributed by atoms with Crippen LogP contribution < -0.4 is 10.1 Å². The van der Waals surface area contributed by atoms with Crippen LogP contribution in [-0.2, 0) is 13.2 Å². The minimum Gasteiger partial charge on any atom is -0.484 e. The summed E-state index contributed by atoms with van der Waals surface area (Å²) in [6.07, 6.45) is 2.47. The molecule has 0 bridgehead atoms. The molecule has 1 aliphatic heterocycles. The maximum Gasteiger partial charge on any atom is 0.317 e. The molecule has 142 valence electrons. The lowest BCUT2D eigenvalue weighted by atomic mass is 10.2. The molecule has 0 saturated carbocycles. The van der Waals surface area contributed by atoms with Gasteiger partial charge in [-0.15, -0.1) is 0 Å². The number of H-pyrrole nitrogens is 1. The summed E-state index contributed by atoms with van der Waals surface area (Å²) in [4.78, 5) is 17.2. The lowest BCUT2D eigenvalue weighted by molar-refractivity contribution is 0.207. The number of ether oxygens (including phenoxy) is 1. The van der Waals surface area contributed by atoms with Gasteiger partial charge in [0.25, 0.3) is 0 Å². The van der Waals surface area contributed by atoms with Crippen LogP contribution in [0.25, 0.3) is 10.9 Å². The quantitative estimate of drug-likeness (QED) is 0.719. The molecule has 0 spiro atoms. The predicted octanol–water partition coefficient (Wildman–Crippen LogP) is 3.43. The number of urea groups is 1. The molecule has 2 N–H and O–H groups in total. The molecule has 3 aromatic rings. The maximum absolute atomic E-state index is 14.3. The summed E-state index contributed by atoms with van der Waals surface area (Å²) in [7, 11) is 0. The van der Waals surface area contributed by atoms with E-state index in [0.717, 1.165) is 36.1 Å². The van der Waals surface area contributed by atoms with Crippen molar-refractivity contribution in [3.63, 3.8) is 0 Å². The summed E-state index contributed by atoms with van der Waals surface area (Å²) in [6.45, 7) is 4.20. The fraction of sp³-hybridized carbons (Fsp3) is 0.368. The van der Waals surface area contributed by atoms with Crippen LogP contribution >= 0.6 is 0 Å². The molecule has 1 aromatic carbocycles. The predicted molar refractivity (Wildman–Crippen MR) is 96.7 cm³/mol. The first-order valence-electron chi connectivity index (χ1n) is 8.94. The lowest BCUT2D eigenvalue weighted by Gasteiger charge is -2.16. The van der Waals surface area contributed by atoms with Crippen molar-refractivity contribution in [3.05, 3.63) is 47.7 Å². The summed E-state index contributed by atoms with van der Waals surface area (Å²) >= 11 is 0. The van der Waals surface area contributed by atoms with Gasteiger partial charge in [-0.25, -0.2) is 9.18 Å². The highest BCUT2D eigenvalue weighted by molar-refractivity contribution is 5.82. The van der Waals surface area contributed by atoms with E-state index in [1.165, 1.54) is 12.3 Å². The first-order valence-corrected chi connectivity index (χ1v) is 8.94. The van der Waals surface area contributed by atoms with E-state index in [1.54, 1.807) is 12.1 Å². The van der Waals surface area contributed by atoms with Gasteiger partial charge in [0, 0.05) is 41.8 Å². The zero-order valence-electron chi connectivity index (χ0n) is 15.0. The zero-order chi connectivity index (χ0) is 18.8. The monoisotopic (exact) mass is 372 g/mol. The SMILES string of the molecule is CC1CCN(C(=O)NCc2cc3cc(F)c(OCc4ccon4)cc3[nH]2)C1. The van der Waals surface area contributed by atoms with Crippen molar-refractivity contribution in [1.29, 1.82) is 0 Å². The van der Waals surface area contributed by atoms with Crippen LogP contribution in [0.3, 0.4) is 0 Å². The molecule has 3 heterocycles. The van der Waals surface area contributed by atoms with E-state index in [-0.39, 0.29) is 18.4 Å². The van der Waals surface area contributed by atoms with Gasteiger partial charge in [-0.2, -0.15) is 0 Å². The lowest BCUT2D eigenvalue weighted by Crippen LogP contribution is -2.38. The van der Waals surface area contributed by atoms with E-state index in [4.69, 9.17) is 9.26 Å². The van der Waals surface area contributed by atoms with Crippen LogP contribution in [0.2, 0.25) is 0 Å². The molecule has 0 aliphatic carbocycles. The number of likely N-dealkylation sites (tertiary alicyclic amines) is 1. The van der Waals surface area contributed by atoms with E-state index in [9.17, 15) is 9.18 Å². The Labute approximate surface area is 155 Å². The highest BCUT2D eigenvalue weighted by Gasteiger charge is 2.22. The zero-order valence-corrected chi connectivity index (χ0v) is 15.0. The maximum atomic E-state index is 14.3. The number of nitrogens with one attached hydrogen (secondary N) is 2. The van der Waals surface area contributed by atoms with Gasteiger partial charge >= 0.3 is 6.03 Å². The number of fused-ring (bicyclic) bond motifs is 1. The van der Waals surface area contributed by atoms with Crippen molar-refractivity contribution in [1.82, 2.24) is 20.4 Å². The van der Waals surface area contributed by atoms with Crippen LogP contribution in [0, 0.1) is 11.7 Å². The van der Waals surface area contributed by atoms with E-state index in [2.05, 4.69) is 22.4 Å². The number of amides is 2. The normalized spacial score (nSPS) is 16.8. The van der Waals surface area contributed by atoms with Gasteiger partial charge in [0.1, 0.15) is 18.6 Å². The third-order valence-electron chi connectivity index (χ3n) is 4.74. The molecular weight excluding hydrogens is 351 g/mol. The molecule has 1 saturated heterocycles. The second kappa shape index (κ2) is 7.30. The van der Waals surface area contributed by atoms with Crippen molar-refractivity contribution >= 4 is 16.9 Å². The second-order valence-electron chi connectivity index (χ2n) is 6.94. The highest BCUT2D eigenvalue weighted by atomic mass is 19.1. The Morgan fingerprint density at radius 1 is 1.48 bits per heavy atom. The molecule has 1 aliphatic rings. The fourth-order valence-corrected chi connectivity index (χ4v) is 3.26. The largest absolute Gasteiger partial charge is 0.484 e. The van der Waals surface area contributed by atoms with Crippen molar-refractivity contribution in [2.45, 2.75) is 26.5 Å². The average Bonchev–Trinajstić information content (AvgIpc) is 3.38. The molecular formula is C19H21FN4O3. The first kappa shape index (κ1) is 17.4. The number of carbonyl (C=O) groups is 1. The summed E-state index contributed by atoms with van der Waals surface area (Å²) in [5.41, 5.74) is 2.13. The number of hydrogen-bond acceptors (Lipinski definition) is 4. The standard InChI is InChI=1S/C19H21FN4O3/c1-12-2-4-24(10-12)19(25)21-9-15-6-13-7-16(20)18(8-17(13)22-15)26-11-14-3-5-27-23-14/h3,5-8,12,22H,2,4,9-11H2,1H3,(H,21,25). The Balaban J connectivity index is 1.41. The van der Waals surface area contributed by atoms with Crippen molar-refractivity contribution in [2.24, 2.45) is 5.92 Å². The Bertz CT molecular complexity index is 938. The van der Waals surface area contributed by atoms with Crippen LogP contribution in [-0.4, -0.2) is 34.2 Å². The number of aromatic amines is 1. The highest BCUT2D eigenvalue weighted by Crippen LogP contribution is 2.26. The minimum absolute atomic E-state index is 0.0687. The number of carbonyl (C=O) groups excluding carboxylic acids is 1. The smallest absolute Gasteiger partial charge is 0.317 e. The molecule has 4 rings (SSSR count). The van der Waals surface area contributed by atoms with E-state index in [0.29, 0.717) is 18.2 Å². The minimum atomic E-state index is -0.452. The third kappa shape index (κ3) is 3.89. The molecule has 27 heavy (non-hydrogen) atoms. The van der Waals surface area contributed by atoms with Crippen LogP contribution in [0.1, 0.15) is 24.7 Å². The number of nitrogens with zero attached hydrogens (tertiary/aromatic N) is 2. The molecule has 7 nitrogen and oxygen atoms in total. The van der Waals surface area contributed by atoms with E-state index in [1.807, 2.05) is 11.0 Å². The van der Waals surface area contributed by atoms with Crippen molar-refractivity contribution < 1.29 is 18.4 Å². The molecule has 2 amide bonds. The summed E-state index contributed by atoms with van der Waals surface area (Å²) in [6, 6.07) is 6.44. The molecule has 1 atom stereocenters. The van der Waals surface area contributed by atoms with Gasteiger partial charge in [-0.3, -0.25) is 0 Å². The number of aromatic nitrogens is 2. The van der Waals surface area contributed by atoms with Crippen LogP contribution in [0.4, 0.5) is 9.18 Å². The number of rotatable bonds is 5. The van der Waals surface area contributed by atoms with Gasteiger partial charge in [0.05, 0.1) is 6.54 Å². The molecule has 1 fully saturated rings. The fourth-order valence-electron chi connectivity index (χ4n) is 3.26. The summed E-state index contributed by atoms with van der Waals surface area (Å²) < 4.78 is 24.5. The summed E-state index contributed by atoms with van der Waals surface area (Å²) in [5.74, 6) is 0.225. The molecule has 8 heteroatoms. The van der Waals surface area contributed by atoms with Gasteiger partial charge in [-0.1, -0.05) is 12.1 Å². The van der Waals surface area contributed by atoms with Crippen LogP contribution in [0.15, 0.2) is 35.1 Å². The molecule has 2 aromatic heterocycles. The molecule has 0 radical (unpaired) electrons. The second-order valence-corrected chi connectivity index (χ2v) is 6.94. The van der Waals surface area contributed by atoms with Crippen LogP contribution in [0.5, 0.6) is 5.75 Å². The van der Waals surface area contributed by atoms with Gasteiger partial charge in [0.15, 0.2) is 11.6 Å². The molecule has 1 unspecified atom stereocenters. The Hall–Kier alpha value is -3.03. The Kier molecular flexibility index (Phi) is 4.70. The number of halogens is 1. The van der Waals surface area contributed by atoms with E-state index < -0.39 is 5.82 Å². The van der Waals surface area contributed by atoms with Gasteiger partial charge in [0.2, 0.25) is 0 Å². The summed E-state index contributed by atoms with van der Waals surface area (Å²) in [5, 5.41) is 7.36. The van der Waals surface area contributed by atoms with E-state index >= 15 is 0 Å². The number of benzene rings is 1. The Morgan fingerprint density at radius 2 is 2.37 bits per heavy atom. The van der Waals surface area contributed by atoms with Crippen molar-refractivity contribution in [2.75, 3.05) is 13.1 Å². The average molecular weight is 372 g/mol. The van der Waals surface area contributed by atoms with Gasteiger partial charge in [-0.05, 0) is 24.5 Å².